The van der Waals surface area contributed by atoms with E-state index >= 15 is 0 Å². The van der Waals surface area contributed by atoms with E-state index in [1.807, 2.05) is 0 Å². The number of hydrogen-bond donors (Lipinski definition) is 2. The lowest BCUT2D eigenvalue weighted by Gasteiger charge is -2.01. The number of rotatable bonds is 4. The van der Waals surface area contributed by atoms with E-state index in [2.05, 4.69) is 10.5 Å². The standard InChI is InChI=1S/C9H13N3O2/c10-3-4-11-9(13)7-5-12-14-8(7)6-1-2-6/h5-6H,1-4,10H2,(H,11,13). The molecule has 0 bridgehead atoms. The predicted molar refractivity (Wildman–Crippen MR) is 49.9 cm³/mol. The number of carbonyl (C=O) groups excluding carboxylic acids is 1. The van der Waals surface area contributed by atoms with Crippen LogP contribution in [0.3, 0.4) is 0 Å². The van der Waals surface area contributed by atoms with Gasteiger partial charge in [0.1, 0.15) is 5.56 Å². The Morgan fingerprint density at radius 1 is 1.71 bits per heavy atom. The summed E-state index contributed by atoms with van der Waals surface area (Å²) in [6.45, 7) is 0.921. The summed E-state index contributed by atoms with van der Waals surface area (Å²) in [6.07, 6.45) is 3.65. The van der Waals surface area contributed by atoms with E-state index in [9.17, 15) is 4.79 Å². The molecule has 0 radical (unpaired) electrons. The van der Waals surface area contributed by atoms with Crippen LogP contribution in [0.25, 0.3) is 0 Å². The van der Waals surface area contributed by atoms with Gasteiger partial charge in [0.15, 0.2) is 5.76 Å². The molecule has 1 aliphatic carbocycles. The summed E-state index contributed by atoms with van der Waals surface area (Å²) in [5.74, 6) is 0.981. The van der Waals surface area contributed by atoms with Gasteiger partial charge in [-0.15, -0.1) is 0 Å². The Bertz CT molecular complexity index is 331. The lowest BCUT2D eigenvalue weighted by molar-refractivity contribution is 0.0952. The molecule has 1 amide bonds. The Morgan fingerprint density at radius 2 is 2.50 bits per heavy atom. The summed E-state index contributed by atoms with van der Waals surface area (Å²) < 4.78 is 5.05. The number of nitrogens with two attached hydrogens (primary N) is 1. The molecule has 3 N–H and O–H groups in total. The second kappa shape index (κ2) is 3.79. The van der Waals surface area contributed by atoms with E-state index in [1.165, 1.54) is 6.20 Å². The van der Waals surface area contributed by atoms with Gasteiger partial charge in [0, 0.05) is 19.0 Å². The van der Waals surface area contributed by atoms with Gasteiger partial charge >= 0.3 is 0 Å². The summed E-state index contributed by atoms with van der Waals surface area (Å²) in [5, 5.41) is 6.34. The molecule has 1 saturated carbocycles. The fraction of sp³-hybridized carbons (Fsp3) is 0.556. The Kier molecular flexibility index (Phi) is 2.49. The molecule has 5 heteroatoms. The smallest absolute Gasteiger partial charge is 0.256 e. The van der Waals surface area contributed by atoms with Gasteiger partial charge in [-0.2, -0.15) is 0 Å². The lowest BCUT2D eigenvalue weighted by Crippen LogP contribution is -2.29. The molecular formula is C9H13N3O2. The zero-order chi connectivity index (χ0) is 9.97. The highest BCUT2D eigenvalue weighted by molar-refractivity contribution is 5.95. The quantitative estimate of drug-likeness (QED) is 0.721. The van der Waals surface area contributed by atoms with E-state index in [0.717, 1.165) is 18.6 Å². The van der Waals surface area contributed by atoms with Gasteiger partial charge in [-0.1, -0.05) is 5.16 Å². The Labute approximate surface area is 81.6 Å². The molecule has 5 nitrogen and oxygen atoms in total. The van der Waals surface area contributed by atoms with Crippen LogP contribution in [0, 0.1) is 0 Å². The van der Waals surface area contributed by atoms with E-state index < -0.39 is 0 Å². The Morgan fingerprint density at radius 3 is 3.14 bits per heavy atom. The number of hydrogen-bond acceptors (Lipinski definition) is 4. The molecule has 1 heterocycles. The van der Waals surface area contributed by atoms with Crippen molar-refractivity contribution in [2.75, 3.05) is 13.1 Å². The summed E-state index contributed by atoms with van der Waals surface area (Å²) >= 11 is 0. The van der Waals surface area contributed by atoms with Crippen LogP contribution in [-0.2, 0) is 0 Å². The molecule has 0 spiro atoms. The minimum absolute atomic E-state index is 0.140. The van der Waals surface area contributed by atoms with Gasteiger partial charge in [-0.25, -0.2) is 0 Å². The fourth-order valence-corrected chi connectivity index (χ4v) is 1.34. The van der Waals surface area contributed by atoms with Crippen LogP contribution in [0.5, 0.6) is 0 Å². The van der Waals surface area contributed by atoms with Gasteiger partial charge in [-0.05, 0) is 12.8 Å². The molecule has 0 atom stereocenters. The van der Waals surface area contributed by atoms with Crippen molar-refractivity contribution in [3.8, 4) is 0 Å². The minimum Gasteiger partial charge on any atom is -0.360 e. The Hall–Kier alpha value is -1.36. The maximum atomic E-state index is 11.6. The van der Waals surface area contributed by atoms with Crippen molar-refractivity contribution in [2.45, 2.75) is 18.8 Å². The van der Waals surface area contributed by atoms with Crippen LogP contribution in [0.15, 0.2) is 10.7 Å². The van der Waals surface area contributed by atoms with E-state index in [-0.39, 0.29) is 5.91 Å². The van der Waals surface area contributed by atoms with Crippen molar-refractivity contribution in [2.24, 2.45) is 5.73 Å². The van der Waals surface area contributed by atoms with Gasteiger partial charge in [0.25, 0.3) is 5.91 Å². The van der Waals surface area contributed by atoms with Crippen LogP contribution in [0.4, 0.5) is 0 Å². The first-order valence-electron chi connectivity index (χ1n) is 4.75. The number of nitrogens with one attached hydrogen (secondary N) is 1. The SMILES string of the molecule is NCCNC(=O)c1cnoc1C1CC1. The first-order chi connectivity index (χ1) is 6.83. The average Bonchev–Trinajstić information content (AvgIpc) is 2.93. The molecule has 76 valence electrons. The van der Waals surface area contributed by atoms with Gasteiger partial charge in [0.05, 0.1) is 6.20 Å². The number of carbonyl (C=O) groups is 1. The maximum Gasteiger partial charge on any atom is 0.256 e. The van der Waals surface area contributed by atoms with Gasteiger partial charge in [0.2, 0.25) is 0 Å². The van der Waals surface area contributed by atoms with E-state index in [0.29, 0.717) is 24.6 Å². The summed E-state index contributed by atoms with van der Waals surface area (Å²) in [6, 6.07) is 0. The molecule has 1 fully saturated rings. The molecule has 0 aromatic carbocycles. The zero-order valence-corrected chi connectivity index (χ0v) is 7.82. The summed E-state index contributed by atoms with van der Waals surface area (Å²) in [4.78, 5) is 11.6. The first kappa shape index (κ1) is 9.21. The molecule has 0 unspecified atom stereocenters. The predicted octanol–water partition coefficient (Wildman–Crippen LogP) is 0.240. The summed E-state index contributed by atoms with van der Waals surface area (Å²) in [7, 11) is 0. The number of nitrogens with zero attached hydrogens (tertiary/aromatic N) is 1. The largest absolute Gasteiger partial charge is 0.360 e. The number of amides is 1. The van der Waals surface area contributed by atoms with Crippen molar-refractivity contribution in [3.63, 3.8) is 0 Å². The molecule has 1 aromatic heterocycles. The first-order valence-corrected chi connectivity index (χ1v) is 4.75. The van der Waals surface area contributed by atoms with Gasteiger partial charge in [-0.3, -0.25) is 4.79 Å². The third-order valence-electron chi connectivity index (χ3n) is 2.22. The lowest BCUT2D eigenvalue weighted by atomic mass is 10.2. The average molecular weight is 195 g/mol. The molecule has 0 saturated heterocycles. The molecule has 14 heavy (non-hydrogen) atoms. The normalized spacial score (nSPS) is 15.5. The zero-order valence-electron chi connectivity index (χ0n) is 7.82. The van der Waals surface area contributed by atoms with E-state index in [4.69, 9.17) is 10.3 Å². The van der Waals surface area contributed by atoms with Crippen LogP contribution >= 0.6 is 0 Å². The highest BCUT2D eigenvalue weighted by atomic mass is 16.5. The number of aromatic nitrogens is 1. The second-order valence-corrected chi connectivity index (χ2v) is 3.42. The van der Waals surface area contributed by atoms with Crippen LogP contribution in [-0.4, -0.2) is 24.2 Å². The topological polar surface area (TPSA) is 81.1 Å². The van der Waals surface area contributed by atoms with Crippen molar-refractivity contribution in [1.82, 2.24) is 10.5 Å². The molecular weight excluding hydrogens is 182 g/mol. The fourth-order valence-electron chi connectivity index (χ4n) is 1.34. The molecule has 2 rings (SSSR count). The Balaban J connectivity index is 2.06. The third-order valence-corrected chi connectivity index (χ3v) is 2.22. The maximum absolute atomic E-state index is 11.6. The molecule has 0 aliphatic heterocycles. The van der Waals surface area contributed by atoms with Crippen molar-refractivity contribution in [1.29, 1.82) is 0 Å². The second-order valence-electron chi connectivity index (χ2n) is 3.42. The van der Waals surface area contributed by atoms with Gasteiger partial charge < -0.3 is 15.6 Å². The van der Waals surface area contributed by atoms with Crippen LogP contribution in [0.2, 0.25) is 0 Å². The third kappa shape index (κ3) is 1.77. The van der Waals surface area contributed by atoms with Crippen molar-refractivity contribution >= 4 is 5.91 Å². The molecule has 1 aromatic rings. The van der Waals surface area contributed by atoms with Crippen molar-refractivity contribution < 1.29 is 9.32 Å². The van der Waals surface area contributed by atoms with Crippen LogP contribution < -0.4 is 11.1 Å². The highest BCUT2D eigenvalue weighted by Crippen LogP contribution is 2.41. The van der Waals surface area contributed by atoms with Crippen LogP contribution in [0.1, 0.15) is 34.9 Å². The van der Waals surface area contributed by atoms with Crippen molar-refractivity contribution in [3.05, 3.63) is 17.5 Å². The molecule has 1 aliphatic rings. The minimum atomic E-state index is -0.140. The summed E-state index contributed by atoms with van der Waals surface area (Å²) in [5.41, 5.74) is 5.84. The highest BCUT2D eigenvalue weighted by Gasteiger charge is 2.32. The monoisotopic (exact) mass is 195 g/mol. The van der Waals surface area contributed by atoms with E-state index in [1.54, 1.807) is 0 Å².